The van der Waals surface area contributed by atoms with Crippen LogP contribution in [0.25, 0.3) is 0 Å². The lowest BCUT2D eigenvalue weighted by molar-refractivity contribution is 0.0600. The van der Waals surface area contributed by atoms with E-state index in [0.717, 1.165) is 29.4 Å². The molecule has 23 heavy (non-hydrogen) atoms. The minimum atomic E-state index is -0.346. The molecule has 0 N–H and O–H groups in total. The van der Waals surface area contributed by atoms with Crippen molar-refractivity contribution >= 4 is 23.3 Å². The monoisotopic (exact) mass is 333 g/mol. The molecule has 0 radical (unpaired) electrons. The Bertz CT molecular complexity index is 626. The zero-order valence-corrected chi connectivity index (χ0v) is 14.0. The minimum absolute atomic E-state index is 0.346. The fourth-order valence-corrected chi connectivity index (χ4v) is 2.25. The third-order valence-corrected chi connectivity index (χ3v) is 3.70. The lowest BCUT2D eigenvalue weighted by Crippen LogP contribution is -2.20. The van der Waals surface area contributed by atoms with E-state index in [-0.39, 0.29) is 5.97 Å². The highest BCUT2D eigenvalue weighted by Gasteiger charge is 2.05. The first-order valence-electron chi connectivity index (χ1n) is 7.38. The van der Waals surface area contributed by atoms with Gasteiger partial charge in [0.25, 0.3) is 0 Å². The van der Waals surface area contributed by atoms with Gasteiger partial charge in [-0.15, -0.1) is 0 Å². The van der Waals surface area contributed by atoms with Gasteiger partial charge in [-0.05, 0) is 55.0 Å². The average Bonchev–Trinajstić information content (AvgIpc) is 2.59. The summed E-state index contributed by atoms with van der Waals surface area (Å²) >= 11 is 5.88. The van der Waals surface area contributed by atoms with Crippen LogP contribution in [0.5, 0.6) is 5.75 Å². The molecule has 0 aliphatic rings. The molecule has 5 heteroatoms. The van der Waals surface area contributed by atoms with Crippen molar-refractivity contribution in [3.63, 3.8) is 0 Å². The van der Waals surface area contributed by atoms with E-state index in [0.29, 0.717) is 12.2 Å². The summed E-state index contributed by atoms with van der Waals surface area (Å²) in [6.07, 6.45) is 0.887. The number of benzene rings is 2. The Labute approximate surface area is 141 Å². The highest BCUT2D eigenvalue weighted by molar-refractivity contribution is 6.30. The lowest BCUT2D eigenvalue weighted by Gasteiger charge is -2.19. The van der Waals surface area contributed by atoms with Crippen LogP contribution in [0, 0.1) is 0 Å². The van der Waals surface area contributed by atoms with Gasteiger partial charge in [-0.2, -0.15) is 0 Å². The number of carbonyl (C=O) groups is 1. The normalized spacial score (nSPS) is 10.2. The van der Waals surface area contributed by atoms with Gasteiger partial charge in [-0.25, -0.2) is 4.79 Å². The molecule has 0 saturated heterocycles. The van der Waals surface area contributed by atoms with Crippen LogP contribution >= 0.6 is 11.6 Å². The highest BCUT2D eigenvalue weighted by Crippen LogP contribution is 2.17. The number of halogens is 1. The van der Waals surface area contributed by atoms with E-state index in [1.54, 1.807) is 24.3 Å². The van der Waals surface area contributed by atoms with E-state index < -0.39 is 0 Å². The van der Waals surface area contributed by atoms with Crippen molar-refractivity contribution in [3.8, 4) is 5.75 Å². The van der Waals surface area contributed by atoms with Crippen LogP contribution in [0.2, 0.25) is 5.02 Å². The summed E-state index contributed by atoms with van der Waals surface area (Å²) in [6.45, 7) is 1.48. The number of methoxy groups -OCH3 is 1. The van der Waals surface area contributed by atoms with E-state index in [1.807, 2.05) is 31.3 Å². The van der Waals surface area contributed by atoms with Crippen molar-refractivity contribution in [1.82, 2.24) is 0 Å². The van der Waals surface area contributed by atoms with Gasteiger partial charge in [0.05, 0.1) is 19.3 Å². The van der Waals surface area contributed by atoms with Crippen molar-refractivity contribution in [2.24, 2.45) is 0 Å². The molecule has 0 atom stereocenters. The van der Waals surface area contributed by atoms with Gasteiger partial charge in [0, 0.05) is 24.3 Å². The molecule has 0 amide bonds. The van der Waals surface area contributed by atoms with Crippen LogP contribution in [0.1, 0.15) is 16.8 Å². The first-order valence-corrected chi connectivity index (χ1v) is 7.76. The second kappa shape index (κ2) is 8.44. The molecule has 0 aliphatic carbocycles. The zero-order valence-electron chi connectivity index (χ0n) is 13.3. The predicted molar refractivity (Wildman–Crippen MR) is 92.6 cm³/mol. The maximum atomic E-state index is 11.3. The molecule has 0 saturated carbocycles. The Hall–Kier alpha value is -2.20. The molecule has 0 unspecified atom stereocenters. The molecular formula is C18H20ClNO3. The average molecular weight is 334 g/mol. The second-order valence-electron chi connectivity index (χ2n) is 5.12. The van der Waals surface area contributed by atoms with Gasteiger partial charge in [0.15, 0.2) is 0 Å². The molecule has 2 aromatic rings. The zero-order chi connectivity index (χ0) is 16.7. The summed E-state index contributed by atoms with van der Waals surface area (Å²) in [5.41, 5.74) is 1.64. The number of hydrogen-bond acceptors (Lipinski definition) is 4. The van der Waals surface area contributed by atoms with E-state index in [9.17, 15) is 4.79 Å². The van der Waals surface area contributed by atoms with Crippen LogP contribution in [-0.4, -0.2) is 33.3 Å². The van der Waals surface area contributed by atoms with Gasteiger partial charge in [-0.1, -0.05) is 11.6 Å². The maximum Gasteiger partial charge on any atom is 0.337 e. The van der Waals surface area contributed by atoms with Gasteiger partial charge >= 0.3 is 5.97 Å². The van der Waals surface area contributed by atoms with Crippen molar-refractivity contribution in [2.75, 3.05) is 32.2 Å². The van der Waals surface area contributed by atoms with E-state index in [1.165, 1.54) is 7.11 Å². The molecule has 122 valence electrons. The third-order valence-electron chi connectivity index (χ3n) is 3.45. The fraction of sp³-hybridized carbons (Fsp3) is 0.278. The standard InChI is InChI=1S/C18H20ClNO3/c1-20(16-8-6-15(19)7-9-16)12-3-13-23-17-10-4-14(5-11-17)18(21)22-2/h4-11H,3,12-13H2,1-2H3. The van der Waals surface area contributed by atoms with Crippen LogP contribution in [0.3, 0.4) is 0 Å². The molecule has 2 rings (SSSR count). The number of anilines is 1. The molecule has 0 spiro atoms. The molecule has 0 aliphatic heterocycles. The van der Waals surface area contributed by atoms with Gasteiger partial charge in [0.2, 0.25) is 0 Å². The number of hydrogen-bond donors (Lipinski definition) is 0. The lowest BCUT2D eigenvalue weighted by atomic mass is 10.2. The van der Waals surface area contributed by atoms with Gasteiger partial charge < -0.3 is 14.4 Å². The second-order valence-corrected chi connectivity index (χ2v) is 5.55. The molecule has 0 bridgehead atoms. The number of esters is 1. The molecule has 0 fully saturated rings. The number of rotatable bonds is 7. The summed E-state index contributed by atoms with van der Waals surface area (Å²) in [4.78, 5) is 13.5. The van der Waals surface area contributed by atoms with Gasteiger partial charge in [-0.3, -0.25) is 0 Å². The Balaban J connectivity index is 1.74. The van der Waals surface area contributed by atoms with E-state index >= 15 is 0 Å². The Morgan fingerprint density at radius 3 is 2.35 bits per heavy atom. The van der Waals surface area contributed by atoms with E-state index in [2.05, 4.69) is 9.64 Å². The SMILES string of the molecule is COC(=O)c1ccc(OCCCN(C)c2ccc(Cl)cc2)cc1. The largest absolute Gasteiger partial charge is 0.494 e. The molecule has 4 nitrogen and oxygen atoms in total. The first kappa shape index (κ1) is 17.2. The van der Waals surface area contributed by atoms with Crippen molar-refractivity contribution in [1.29, 1.82) is 0 Å². The number of carbonyl (C=O) groups excluding carboxylic acids is 1. The summed E-state index contributed by atoms with van der Waals surface area (Å²) in [6, 6.07) is 14.7. The van der Waals surface area contributed by atoms with E-state index in [4.69, 9.17) is 16.3 Å². The fourth-order valence-electron chi connectivity index (χ4n) is 2.12. The Kier molecular flexibility index (Phi) is 6.29. The van der Waals surface area contributed by atoms with Gasteiger partial charge in [0.1, 0.15) is 5.75 Å². The Morgan fingerprint density at radius 2 is 1.74 bits per heavy atom. The van der Waals surface area contributed by atoms with Crippen LogP contribution in [-0.2, 0) is 4.74 Å². The van der Waals surface area contributed by atoms with Crippen molar-refractivity contribution in [2.45, 2.75) is 6.42 Å². The third kappa shape index (κ3) is 5.18. The van der Waals surface area contributed by atoms with Crippen LogP contribution < -0.4 is 9.64 Å². The molecule has 2 aromatic carbocycles. The number of ether oxygens (including phenoxy) is 2. The van der Waals surface area contributed by atoms with Crippen molar-refractivity contribution in [3.05, 3.63) is 59.1 Å². The molecule has 0 aromatic heterocycles. The quantitative estimate of drug-likeness (QED) is 0.566. The predicted octanol–water partition coefficient (Wildman–Crippen LogP) is 4.03. The summed E-state index contributed by atoms with van der Waals surface area (Å²) in [5.74, 6) is 0.396. The highest BCUT2D eigenvalue weighted by atomic mass is 35.5. The smallest absolute Gasteiger partial charge is 0.337 e. The first-order chi connectivity index (χ1) is 11.1. The van der Waals surface area contributed by atoms with Crippen LogP contribution in [0.15, 0.2) is 48.5 Å². The van der Waals surface area contributed by atoms with Crippen molar-refractivity contribution < 1.29 is 14.3 Å². The summed E-state index contributed by atoms with van der Waals surface area (Å²) in [7, 11) is 3.40. The molecule has 0 heterocycles. The van der Waals surface area contributed by atoms with Crippen LogP contribution in [0.4, 0.5) is 5.69 Å². The summed E-state index contributed by atoms with van der Waals surface area (Å²) < 4.78 is 10.3. The summed E-state index contributed by atoms with van der Waals surface area (Å²) in [5, 5.41) is 0.737. The number of nitrogens with zero attached hydrogens (tertiary/aromatic N) is 1. The minimum Gasteiger partial charge on any atom is -0.494 e. The maximum absolute atomic E-state index is 11.3. The Morgan fingerprint density at radius 1 is 1.09 bits per heavy atom. The topological polar surface area (TPSA) is 38.8 Å². The molecular weight excluding hydrogens is 314 g/mol.